The van der Waals surface area contributed by atoms with Crippen molar-refractivity contribution in [1.82, 2.24) is 9.47 Å². The van der Waals surface area contributed by atoms with Gasteiger partial charge in [0.25, 0.3) is 5.91 Å². The van der Waals surface area contributed by atoms with Crippen LogP contribution in [0.25, 0.3) is 10.9 Å². The Kier molecular flexibility index (Phi) is 4.60. The van der Waals surface area contributed by atoms with Crippen LogP contribution in [0.3, 0.4) is 0 Å². The van der Waals surface area contributed by atoms with Crippen LogP contribution in [0.1, 0.15) is 48.7 Å². The molecular weight excluding hydrogens is 356 g/mol. The molecule has 2 aliphatic rings. The second-order valence-electron chi connectivity index (χ2n) is 8.24. The molecule has 150 valence electrons. The van der Waals surface area contributed by atoms with Gasteiger partial charge in [0.1, 0.15) is 5.75 Å². The lowest BCUT2D eigenvalue weighted by Gasteiger charge is -2.32. The molecule has 0 radical (unpaired) electrons. The number of amides is 1. The summed E-state index contributed by atoms with van der Waals surface area (Å²) in [6.07, 6.45) is 3.32. The van der Waals surface area contributed by atoms with E-state index in [9.17, 15) is 14.7 Å². The lowest BCUT2D eigenvalue weighted by Crippen LogP contribution is -2.40. The van der Waals surface area contributed by atoms with E-state index < -0.39 is 5.97 Å². The number of carbonyl (C=O) groups is 2. The number of aryl methyl sites for hydroxylation is 1. The Morgan fingerprint density at radius 3 is 2.57 bits per heavy atom. The van der Waals surface area contributed by atoms with Gasteiger partial charge in [-0.1, -0.05) is 6.92 Å². The zero-order valence-corrected chi connectivity index (χ0v) is 16.8. The third kappa shape index (κ3) is 2.86. The number of rotatable bonds is 5. The molecule has 1 unspecified atom stereocenters. The first-order valence-electron chi connectivity index (χ1n) is 10.1. The van der Waals surface area contributed by atoms with Crippen LogP contribution in [0.4, 0.5) is 0 Å². The van der Waals surface area contributed by atoms with E-state index in [2.05, 4.69) is 11.5 Å². The third-order valence-corrected chi connectivity index (χ3v) is 6.73. The Balaban J connectivity index is 1.64. The number of hydrogen-bond donors (Lipinski definition) is 1. The van der Waals surface area contributed by atoms with Crippen LogP contribution >= 0.6 is 0 Å². The number of aliphatic carboxylic acids is 1. The maximum absolute atomic E-state index is 13.5. The van der Waals surface area contributed by atoms with E-state index in [1.54, 1.807) is 7.11 Å². The lowest BCUT2D eigenvalue weighted by atomic mass is 9.90. The molecule has 1 spiro atoms. The van der Waals surface area contributed by atoms with Gasteiger partial charge in [0.15, 0.2) is 0 Å². The Morgan fingerprint density at radius 1 is 1.29 bits per heavy atom. The van der Waals surface area contributed by atoms with Gasteiger partial charge in [0.2, 0.25) is 0 Å². The van der Waals surface area contributed by atoms with E-state index in [4.69, 9.17) is 4.74 Å². The molecule has 2 heterocycles. The number of aromatic nitrogens is 1. The van der Waals surface area contributed by atoms with Crippen molar-refractivity contribution in [2.24, 2.45) is 11.3 Å². The number of benzene rings is 1. The maximum atomic E-state index is 13.5. The van der Waals surface area contributed by atoms with E-state index in [0.717, 1.165) is 60.1 Å². The average Bonchev–Trinajstić information content (AvgIpc) is 3.33. The molecule has 1 saturated heterocycles. The number of hydrogen-bond acceptors (Lipinski definition) is 3. The number of likely N-dealkylation sites (tertiary alicyclic amines) is 1. The molecule has 1 aliphatic carbocycles. The van der Waals surface area contributed by atoms with E-state index in [0.29, 0.717) is 13.1 Å². The number of fused-ring (bicyclic) bond motifs is 1. The molecule has 0 bridgehead atoms. The van der Waals surface area contributed by atoms with Crippen LogP contribution in [0, 0.1) is 18.3 Å². The molecule has 1 saturated carbocycles. The largest absolute Gasteiger partial charge is 0.497 e. The summed E-state index contributed by atoms with van der Waals surface area (Å²) in [6, 6.07) is 5.92. The van der Waals surface area contributed by atoms with Gasteiger partial charge in [0, 0.05) is 36.2 Å². The second kappa shape index (κ2) is 6.83. The molecule has 2 fully saturated rings. The Morgan fingerprint density at radius 2 is 2.00 bits per heavy atom. The zero-order chi connectivity index (χ0) is 20.1. The van der Waals surface area contributed by atoms with Gasteiger partial charge in [-0.2, -0.15) is 0 Å². The van der Waals surface area contributed by atoms with Gasteiger partial charge >= 0.3 is 5.97 Å². The summed E-state index contributed by atoms with van der Waals surface area (Å²) in [5, 5.41) is 10.2. The van der Waals surface area contributed by atoms with E-state index in [-0.39, 0.29) is 17.2 Å². The van der Waals surface area contributed by atoms with Gasteiger partial charge in [0.05, 0.1) is 18.6 Å². The SMILES string of the molecule is CCCn1c(C)c(C(=O)N2CCC3(CC2)CC3C(=O)O)c2cc(OC)ccc21. The third-order valence-electron chi connectivity index (χ3n) is 6.73. The summed E-state index contributed by atoms with van der Waals surface area (Å²) in [5.41, 5.74) is 2.73. The minimum Gasteiger partial charge on any atom is -0.497 e. The molecule has 2 aromatic rings. The molecular formula is C22H28N2O4. The van der Waals surface area contributed by atoms with Gasteiger partial charge in [-0.15, -0.1) is 0 Å². The van der Waals surface area contributed by atoms with Crippen LogP contribution in [-0.4, -0.2) is 46.6 Å². The summed E-state index contributed by atoms with van der Waals surface area (Å²) in [4.78, 5) is 26.6. The highest BCUT2D eigenvalue weighted by molar-refractivity contribution is 6.08. The van der Waals surface area contributed by atoms with E-state index >= 15 is 0 Å². The number of carbonyl (C=O) groups excluding carboxylic acids is 1. The van der Waals surface area contributed by atoms with Crippen LogP contribution < -0.4 is 4.74 Å². The Bertz CT molecular complexity index is 938. The van der Waals surface area contributed by atoms with Crippen molar-refractivity contribution in [3.8, 4) is 5.75 Å². The van der Waals surface area contributed by atoms with Gasteiger partial charge < -0.3 is 19.3 Å². The first-order chi connectivity index (χ1) is 13.4. The predicted octanol–water partition coefficient (Wildman–Crippen LogP) is 3.70. The molecule has 1 aromatic carbocycles. The van der Waals surface area contributed by atoms with Crippen molar-refractivity contribution < 1.29 is 19.4 Å². The fourth-order valence-corrected chi connectivity index (χ4v) is 4.93. The quantitative estimate of drug-likeness (QED) is 0.853. The number of nitrogens with zero attached hydrogens (tertiary/aromatic N) is 2. The predicted molar refractivity (Wildman–Crippen MR) is 107 cm³/mol. The first-order valence-corrected chi connectivity index (χ1v) is 10.1. The molecule has 1 aliphatic heterocycles. The Hall–Kier alpha value is -2.50. The lowest BCUT2D eigenvalue weighted by molar-refractivity contribution is -0.139. The number of carboxylic acids is 1. The topological polar surface area (TPSA) is 71.8 Å². The molecule has 1 N–H and O–H groups in total. The van der Waals surface area contributed by atoms with Crippen LogP contribution in [0.2, 0.25) is 0 Å². The summed E-state index contributed by atoms with van der Waals surface area (Å²) in [6.45, 7) is 6.28. The maximum Gasteiger partial charge on any atom is 0.307 e. The Labute approximate surface area is 165 Å². The zero-order valence-electron chi connectivity index (χ0n) is 16.8. The number of piperidine rings is 1. The summed E-state index contributed by atoms with van der Waals surface area (Å²) >= 11 is 0. The van der Waals surface area contributed by atoms with Gasteiger partial charge in [-0.05, 0) is 56.2 Å². The molecule has 1 atom stereocenters. The van der Waals surface area contributed by atoms with Crippen molar-refractivity contribution in [2.45, 2.75) is 46.1 Å². The monoisotopic (exact) mass is 384 g/mol. The molecule has 28 heavy (non-hydrogen) atoms. The normalized spacial score (nSPS) is 20.5. The highest BCUT2D eigenvalue weighted by atomic mass is 16.5. The average molecular weight is 384 g/mol. The summed E-state index contributed by atoms with van der Waals surface area (Å²) in [5.74, 6) is -0.115. The minimum atomic E-state index is -0.689. The molecule has 4 rings (SSSR count). The van der Waals surface area contributed by atoms with Crippen molar-refractivity contribution >= 4 is 22.8 Å². The standard InChI is InChI=1S/C22H28N2O4/c1-4-9-24-14(2)19(16-12-15(28-3)5-6-18(16)24)20(25)23-10-7-22(8-11-23)13-17(22)21(26)27/h5-6,12,17H,4,7-11,13H2,1-3H3,(H,26,27). The van der Waals surface area contributed by atoms with Crippen LogP contribution in [-0.2, 0) is 11.3 Å². The number of ether oxygens (including phenoxy) is 1. The highest BCUT2D eigenvalue weighted by Crippen LogP contribution is 2.59. The second-order valence-corrected chi connectivity index (χ2v) is 8.24. The summed E-state index contributed by atoms with van der Waals surface area (Å²) < 4.78 is 7.61. The van der Waals surface area contributed by atoms with E-state index in [1.807, 2.05) is 30.0 Å². The van der Waals surface area contributed by atoms with E-state index in [1.165, 1.54) is 0 Å². The van der Waals surface area contributed by atoms with Crippen LogP contribution in [0.15, 0.2) is 18.2 Å². The number of carboxylic acid groups (broad SMARTS) is 1. The molecule has 6 heteroatoms. The summed E-state index contributed by atoms with van der Waals surface area (Å²) in [7, 11) is 1.64. The van der Waals surface area contributed by atoms with Crippen molar-refractivity contribution in [3.05, 3.63) is 29.5 Å². The highest BCUT2D eigenvalue weighted by Gasteiger charge is 2.59. The first kappa shape index (κ1) is 18.8. The van der Waals surface area contributed by atoms with Crippen molar-refractivity contribution in [1.29, 1.82) is 0 Å². The minimum absolute atomic E-state index is 0.0491. The fourth-order valence-electron chi connectivity index (χ4n) is 4.93. The van der Waals surface area contributed by atoms with Gasteiger partial charge in [-0.3, -0.25) is 9.59 Å². The van der Waals surface area contributed by atoms with Crippen molar-refractivity contribution in [3.63, 3.8) is 0 Å². The van der Waals surface area contributed by atoms with Crippen LogP contribution in [0.5, 0.6) is 5.75 Å². The molecule has 1 amide bonds. The molecule has 1 aromatic heterocycles. The fraction of sp³-hybridized carbons (Fsp3) is 0.545. The molecule has 6 nitrogen and oxygen atoms in total. The van der Waals surface area contributed by atoms with Crippen molar-refractivity contribution in [2.75, 3.05) is 20.2 Å². The van der Waals surface area contributed by atoms with Gasteiger partial charge in [-0.25, -0.2) is 0 Å². The smallest absolute Gasteiger partial charge is 0.307 e. The number of methoxy groups -OCH3 is 1.